The average Bonchev–Trinajstić information content (AvgIpc) is 2.78. The molecule has 0 aliphatic heterocycles. The van der Waals surface area contributed by atoms with Crippen molar-refractivity contribution in [3.05, 3.63) is 58.2 Å². The van der Waals surface area contributed by atoms with Gasteiger partial charge in [0, 0.05) is 24.1 Å². The Hall–Kier alpha value is -2.38. The van der Waals surface area contributed by atoms with Crippen LogP contribution in [-0.2, 0) is 20.4 Å². The first-order valence-electron chi connectivity index (χ1n) is 9.73. The Labute approximate surface area is 162 Å². The topological polar surface area (TPSA) is 46.2 Å². The Balaban J connectivity index is 2.18. The van der Waals surface area contributed by atoms with Crippen molar-refractivity contribution in [1.29, 1.82) is 0 Å². The summed E-state index contributed by atoms with van der Waals surface area (Å²) in [6.45, 7) is 14.0. The highest BCUT2D eigenvalue weighted by Gasteiger charge is 2.48. The van der Waals surface area contributed by atoms with E-state index in [1.165, 1.54) is 11.1 Å². The summed E-state index contributed by atoms with van der Waals surface area (Å²) in [4.78, 5) is 23.8. The van der Waals surface area contributed by atoms with Crippen LogP contribution < -0.4 is 5.32 Å². The normalized spacial score (nSPS) is 22.4. The van der Waals surface area contributed by atoms with Gasteiger partial charge in [-0.25, -0.2) is 4.79 Å². The molecule has 0 saturated heterocycles. The summed E-state index contributed by atoms with van der Waals surface area (Å²) in [5, 5.41) is 2.88. The van der Waals surface area contributed by atoms with Crippen molar-refractivity contribution in [2.24, 2.45) is 5.92 Å². The Morgan fingerprint density at radius 1 is 1.15 bits per heavy atom. The smallest absolute Gasteiger partial charge is 0.251 e. The van der Waals surface area contributed by atoms with E-state index in [0.717, 1.165) is 11.1 Å². The molecular weight excluding hydrogens is 334 g/mol. The molecule has 0 saturated carbocycles. The predicted octanol–water partition coefficient (Wildman–Crippen LogP) is 4.50. The number of allylic oxidation sites excluding steroid dienone is 3. The summed E-state index contributed by atoms with van der Waals surface area (Å²) < 4.78 is 0. The fraction of sp³-hybridized carbons (Fsp3) is 0.458. The van der Waals surface area contributed by atoms with Gasteiger partial charge in [0.15, 0.2) is 0 Å². The SMILES string of the molecule is CCNC(=O)C1=C(c2ccc3c(c2)C(C)(C)C(C)C3(C)C)CC(=C=O)C=C1. The maximum atomic E-state index is 12.6. The number of carbonyl (C=O) groups is 1. The zero-order valence-electron chi connectivity index (χ0n) is 17.2. The van der Waals surface area contributed by atoms with Crippen molar-refractivity contribution >= 4 is 17.4 Å². The molecule has 2 aliphatic rings. The highest BCUT2D eigenvalue weighted by molar-refractivity contribution is 6.05. The van der Waals surface area contributed by atoms with Crippen LogP contribution in [-0.4, -0.2) is 18.4 Å². The number of nitrogens with one attached hydrogen (secondary N) is 1. The molecule has 0 radical (unpaired) electrons. The van der Waals surface area contributed by atoms with Gasteiger partial charge in [0.2, 0.25) is 0 Å². The van der Waals surface area contributed by atoms with E-state index >= 15 is 0 Å². The minimum absolute atomic E-state index is 0.0507. The van der Waals surface area contributed by atoms with Gasteiger partial charge in [0.25, 0.3) is 5.91 Å². The zero-order chi connectivity index (χ0) is 20.0. The molecule has 3 rings (SSSR count). The molecule has 2 aliphatic carbocycles. The minimum Gasteiger partial charge on any atom is -0.352 e. The quantitative estimate of drug-likeness (QED) is 0.804. The van der Waals surface area contributed by atoms with Crippen molar-refractivity contribution in [2.75, 3.05) is 6.54 Å². The van der Waals surface area contributed by atoms with Crippen LogP contribution in [0.5, 0.6) is 0 Å². The highest BCUT2D eigenvalue weighted by atomic mass is 16.1. The molecule has 1 unspecified atom stereocenters. The molecule has 1 N–H and O–H groups in total. The van der Waals surface area contributed by atoms with Gasteiger partial charge in [0.05, 0.1) is 0 Å². The number of rotatable bonds is 3. The third kappa shape index (κ3) is 3.00. The first kappa shape index (κ1) is 19.4. The Morgan fingerprint density at radius 3 is 2.44 bits per heavy atom. The maximum absolute atomic E-state index is 12.6. The average molecular weight is 364 g/mol. The van der Waals surface area contributed by atoms with E-state index in [4.69, 9.17) is 0 Å². The van der Waals surface area contributed by atoms with Crippen LogP contribution in [0.4, 0.5) is 0 Å². The summed E-state index contributed by atoms with van der Waals surface area (Å²) in [7, 11) is 0. The lowest BCUT2D eigenvalue weighted by atomic mass is 9.71. The molecule has 0 aromatic heterocycles. The van der Waals surface area contributed by atoms with E-state index in [1.807, 2.05) is 12.9 Å². The molecule has 1 aromatic carbocycles. The summed E-state index contributed by atoms with van der Waals surface area (Å²) in [5.74, 6) is 2.41. The van der Waals surface area contributed by atoms with Gasteiger partial charge in [-0.2, -0.15) is 0 Å². The summed E-state index contributed by atoms with van der Waals surface area (Å²) >= 11 is 0. The fourth-order valence-corrected chi connectivity index (χ4v) is 4.62. The minimum atomic E-state index is -0.0952. The van der Waals surface area contributed by atoms with E-state index in [9.17, 15) is 9.59 Å². The molecule has 142 valence electrons. The van der Waals surface area contributed by atoms with Gasteiger partial charge >= 0.3 is 0 Å². The molecule has 3 nitrogen and oxygen atoms in total. The molecular formula is C24H29NO2. The molecule has 0 bridgehead atoms. The van der Waals surface area contributed by atoms with Crippen LogP contribution in [0.2, 0.25) is 0 Å². The van der Waals surface area contributed by atoms with Crippen LogP contribution in [0.15, 0.2) is 41.5 Å². The van der Waals surface area contributed by atoms with E-state index in [-0.39, 0.29) is 16.7 Å². The number of fused-ring (bicyclic) bond motifs is 1. The van der Waals surface area contributed by atoms with Gasteiger partial charge in [-0.1, -0.05) is 52.8 Å². The van der Waals surface area contributed by atoms with Gasteiger partial charge < -0.3 is 5.32 Å². The summed E-state index contributed by atoms with van der Waals surface area (Å²) in [6.07, 6.45) is 3.88. The summed E-state index contributed by atoms with van der Waals surface area (Å²) in [5.41, 5.74) is 6.00. The first-order chi connectivity index (χ1) is 12.6. The lowest BCUT2D eigenvalue weighted by molar-refractivity contribution is -0.117. The molecule has 1 atom stereocenters. The molecule has 0 fully saturated rings. The number of amides is 1. The second-order valence-corrected chi connectivity index (χ2v) is 8.81. The van der Waals surface area contributed by atoms with Gasteiger partial charge in [-0.15, -0.1) is 0 Å². The second kappa shape index (κ2) is 6.65. The van der Waals surface area contributed by atoms with Crippen LogP contribution in [0, 0.1) is 5.92 Å². The largest absolute Gasteiger partial charge is 0.352 e. The van der Waals surface area contributed by atoms with E-state index in [2.05, 4.69) is 58.1 Å². The van der Waals surface area contributed by atoms with E-state index in [1.54, 1.807) is 12.2 Å². The molecule has 1 aromatic rings. The van der Waals surface area contributed by atoms with Crippen molar-refractivity contribution in [2.45, 2.75) is 58.8 Å². The van der Waals surface area contributed by atoms with Gasteiger partial charge in [0.1, 0.15) is 5.94 Å². The zero-order valence-corrected chi connectivity index (χ0v) is 17.2. The van der Waals surface area contributed by atoms with Crippen LogP contribution in [0.1, 0.15) is 64.7 Å². The van der Waals surface area contributed by atoms with Crippen LogP contribution in [0.3, 0.4) is 0 Å². The number of hydrogen-bond donors (Lipinski definition) is 1. The van der Waals surface area contributed by atoms with Crippen molar-refractivity contribution in [1.82, 2.24) is 5.32 Å². The van der Waals surface area contributed by atoms with Crippen LogP contribution in [0.25, 0.3) is 5.57 Å². The van der Waals surface area contributed by atoms with E-state index < -0.39 is 0 Å². The highest BCUT2D eigenvalue weighted by Crippen LogP contribution is 2.54. The molecule has 27 heavy (non-hydrogen) atoms. The Bertz CT molecular complexity index is 908. The molecule has 3 heteroatoms. The third-order valence-corrected chi connectivity index (χ3v) is 6.78. The van der Waals surface area contributed by atoms with Crippen molar-refractivity contribution in [3.8, 4) is 0 Å². The third-order valence-electron chi connectivity index (χ3n) is 6.78. The first-order valence-corrected chi connectivity index (χ1v) is 9.73. The van der Waals surface area contributed by atoms with Crippen LogP contribution >= 0.6 is 0 Å². The molecule has 0 heterocycles. The summed E-state index contributed by atoms with van der Waals surface area (Å²) in [6, 6.07) is 6.54. The Morgan fingerprint density at radius 2 is 1.81 bits per heavy atom. The number of hydrogen-bond acceptors (Lipinski definition) is 2. The predicted molar refractivity (Wildman–Crippen MR) is 110 cm³/mol. The lowest BCUT2D eigenvalue weighted by Crippen LogP contribution is -2.30. The molecule has 1 amide bonds. The maximum Gasteiger partial charge on any atom is 0.251 e. The van der Waals surface area contributed by atoms with E-state index in [0.29, 0.717) is 30.0 Å². The fourth-order valence-electron chi connectivity index (χ4n) is 4.62. The van der Waals surface area contributed by atoms with Gasteiger partial charge in [-0.3, -0.25) is 4.79 Å². The van der Waals surface area contributed by atoms with Gasteiger partial charge in [-0.05, 0) is 58.1 Å². The van der Waals surface area contributed by atoms with Crippen molar-refractivity contribution in [3.63, 3.8) is 0 Å². The second-order valence-electron chi connectivity index (χ2n) is 8.81. The molecule has 0 spiro atoms. The van der Waals surface area contributed by atoms with Crippen molar-refractivity contribution < 1.29 is 9.59 Å². The monoisotopic (exact) mass is 363 g/mol. The lowest BCUT2D eigenvalue weighted by Gasteiger charge is -2.32. The standard InChI is InChI=1S/C24H29NO2/c1-7-25-22(27)18-10-8-16(14-26)12-19(18)17-9-11-20-21(13-17)24(5,6)15(2)23(20,3)4/h8-11,13,15H,7,12H2,1-6H3,(H,25,27). The number of likely N-dealkylation sites (N-methyl/N-ethyl adjacent to an activating group) is 1. The Kier molecular flexibility index (Phi) is 4.78. The number of benzene rings is 1. The number of carbonyl (C=O) groups excluding carboxylic acids is 2.